The summed E-state index contributed by atoms with van der Waals surface area (Å²) in [6.45, 7) is 6.21. The highest BCUT2D eigenvalue weighted by molar-refractivity contribution is 5.96. The Bertz CT molecular complexity index is 1150. The number of carbonyl (C=O) groups is 1. The molecule has 2 aromatic rings. The molecule has 1 fully saturated rings. The Morgan fingerprint density at radius 2 is 1.84 bits per heavy atom. The average Bonchev–Trinajstić information content (AvgIpc) is 2.78. The third-order valence-corrected chi connectivity index (χ3v) is 6.17. The molecule has 0 bridgehead atoms. The zero-order chi connectivity index (χ0) is 23.1. The Morgan fingerprint density at radius 3 is 2.47 bits per heavy atom. The van der Waals surface area contributed by atoms with Crippen molar-refractivity contribution >= 4 is 17.6 Å². The summed E-state index contributed by atoms with van der Waals surface area (Å²) in [6, 6.07) is 10.1. The van der Waals surface area contributed by atoms with Crippen LogP contribution in [-0.2, 0) is 6.42 Å². The molecule has 1 aromatic heterocycles. The predicted molar refractivity (Wildman–Crippen MR) is 130 cm³/mol. The lowest BCUT2D eigenvalue weighted by Gasteiger charge is -2.21. The van der Waals surface area contributed by atoms with Gasteiger partial charge in [0.1, 0.15) is 11.3 Å². The number of benzene rings is 1. The van der Waals surface area contributed by atoms with Crippen molar-refractivity contribution in [2.45, 2.75) is 59.3 Å². The van der Waals surface area contributed by atoms with Gasteiger partial charge in [-0.25, -0.2) is 0 Å². The molecule has 5 heteroatoms. The summed E-state index contributed by atoms with van der Waals surface area (Å²) < 4.78 is 0. The van der Waals surface area contributed by atoms with Gasteiger partial charge in [0.05, 0.1) is 5.35 Å². The van der Waals surface area contributed by atoms with Crippen LogP contribution in [0.15, 0.2) is 46.8 Å². The zero-order valence-electron chi connectivity index (χ0n) is 19.3. The first kappa shape index (κ1) is 23.6. The van der Waals surface area contributed by atoms with Crippen molar-refractivity contribution in [1.82, 2.24) is 10.3 Å². The third-order valence-electron chi connectivity index (χ3n) is 6.17. The van der Waals surface area contributed by atoms with Gasteiger partial charge >= 0.3 is 0 Å². The van der Waals surface area contributed by atoms with Crippen molar-refractivity contribution < 1.29 is 9.90 Å². The van der Waals surface area contributed by atoms with Gasteiger partial charge in [-0.15, -0.1) is 0 Å². The molecular weight excluding hydrogens is 400 g/mol. The first-order chi connectivity index (χ1) is 15.4. The van der Waals surface area contributed by atoms with Gasteiger partial charge in [-0.1, -0.05) is 61.2 Å². The maximum atomic E-state index is 12.8. The van der Waals surface area contributed by atoms with Gasteiger partial charge in [0.25, 0.3) is 11.5 Å². The maximum absolute atomic E-state index is 12.8. The van der Waals surface area contributed by atoms with Crippen LogP contribution >= 0.6 is 0 Å². The summed E-state index contributed by atoms with van der Waals surface area (Å²) in [5.41, 5.74) is 2.19. The van der Waals surface area contributed by atoms with E-state index in [-0.39, 0.29) is 11.3 Å². The molecule has 1 aromatic carbocycles. The number of aromatic hydroxyl groups is 1. The zero-order valence-corrected chi connectivity index (χ0v) is 19.3. The fraction of sp³-hybridized carbons (Fsp3) is 0.407. The largest absolute Gasteiger partial charge is 0.506 e. The number of amides is 1. The van der Waals surface area contributed by atoms with Gasteiger partial charge in [-0.2, -0.15) is 0 Å². The first-order valence-electron chi connectivity index (χ1n) is 11.5. The molecule has 0 atom stereocenters. The third kappa shape index (κ3) is 5.78. The Hall–Kier alpha value is -3.08. The van der Waals surface area contributed by atoms with E-state index in [4.69, 9.17) is 0 Å². The smallest absolute Gasteiger partial charge is 0.265 e. The number of pyridine rings is 1. The molecule has 1 amide bonds. The molecule has 0 spiro atoms. The van der Waals surface area contributed by atoms with E-state index in [0.717, 1.165) is 29.6 Å². The number of nitrogens with one attached hydrogen (secondary N) is 2. The normalized spacial score (nSPS) is 15.6. The molecule has 0 aliphatic heterocycles. The number of rotatable bonds is 6. The minimum absolute atomic E-state index is 0.209. The molecular formula is C27H34N2O3. The van der Waals surface area contributed by atoms with Crippen LogP contribution in [0.3, 0.4) is 0 Å². The molecule has 3 rings (SSSR count). The summed E-state index contributed by atoms with van der Waals surface area (Å²) >= 11 is 0. The van der Waals surface area contributed by atoms with Crippen LogP contribution in [0.4, 0.5) is 0 Å². The van der Waals surface area contributed by atoms with E-state index in [0.29, 0.717) is 29.5 Å². The Morgan fingerprint density at radius 1 is 1.16 bits per heavy atom. The van der Waals surface area contributed by atoms with Crippen LogP contribution in [0, 0.1) is 5.92 Å². The second-order valence-electron chi connectivity index (χ2n) is 8.85. The van der Waals surface area contributed by atoms with E-state index < -0.39 is 11.5 Å². The van der Waals surface area contributed by atoms with E-state index in [1.807, 2.05) is 51.1 Å². The number of hydrogen-bond donors (Lipinski definition) is 3. The minimum atomic E-state index is -0.574. The van der Waals surface area contributed by atoms with Gasteiger partial charge in [0, 0.05) is 11.8 Å². The molecule has 3 N–H and O–H groups in total. The van der Waals surface area contributed by atoms with Crippen LogP contribution in [0.2, 0.25) is 0 Å². The number of hydrogen-bond acceptors (Lipinski definition) is 3. The SMILES string of the molecule is C/C=C(\C=c1\[nH]c(=O)c(C(=O)NCC2CCCCC2)c(O)c1=C(C)C)Cc1ccccc1. The lowest BCUT2D eigenvalue weighted by atomic mass is 9.89. The lowest BCUT2D eigenvalue weighted by molar-refractivity contribution is 0.0939. The van der Waals surface area contributed by atoms with Crippen molar-refractivity contribution in [2.75, 3.05) is 6.54 Å². The summed E-state index contributed by atoms with van der Waals surface area (Å²) in [7, 11) is 0. The molecule has 1 heterocycles. The summed E-state index contributed by atoms with van der Waals surface area (Å²) in [4.78, 5) is 28.5. The molecule has 0 radical (unpaired) electrons. The standard InChI is InChI=1S/C27H34N2O3/c1-4-19(15-20-11-7-5-8-12-20)16-22-23(18(2)3)25(30)24(27(32)29-22)26(31)28-17-21-13-9-6-10-14-21/h4-5,7-8,11-12,16,21,30H,6,9-10,13-15,17H2,1-3H3,(H,28,31)(H,29,32)/b19-4-,22-16+. The highest BCUT2D eigenvalue weighted by Gasteiger charge is 2.20. The number of H-pyrrole nitrogens is 1. The summed E-state index contributed by atoms with van der Waals surface area (Å²) in [5, 5.41) is 14.8. The van der Waals surface area contributed by atoms with Crippen molar-refractivity contribution in [1.29, 1.82) is 0 Å². The van der Waals surface area contributed by atoms with Crippen LogP contribution in [0.5, 0.6) is 5.75 Å². The molecule has 0 unspecified atom stereocenters. The van der Waals surface area contributed by atoms with Crippen molar-refractivity contribution in [3.8, 4) is 5.75 Å². The van der Waals surface area contributed by atoms with E-state index >= 15 is 0 Å². The van der Waals surface area contributed by atoms with Crippen LogP contribution in [-0.4, -0.2) is 22.5 Å². The van der Waals surface area contributed by atoms with Crippen molar-refractivity contribution in [2.24, 2.45) is 5.92 Å². The Balaban J connectivity index is 1.95. The van der Waals surface area contributed by atoms with Gasteiger partial charge < -0.3 is 15.4 Å². The molecule has 1 aliphatic carbocycles. The molecule has 32 heavy (non-hydrogen) atoms. The van der Waals surface area contributed by atoms with Gasteiger partial charge in [0.2, 0.25) is 0 Å². The monoisotopic (exact) mass is 434 g/mol. The molecule has 0 saturated heterocycles. The number of carbonyl (C=O) groups excluding carboxylic acids is 1. The highest BCUT2D eigenvalue weighted by atomic mass is 16.3. The predicted octanol–water partition coefficient (Wildman–Crippen LogP) is 3.55. The molecule has 5 nitrogen and oxygen atoms in total. The Labute approximate surface area is 189 Å². The molecule has 1 aliphatic rings. The maximum Gasteiger partial charge on any atom is 0.265 e. The quantitative estimate of drug-likeness (QED) is 0.650. The first-order valence-corrected chi connectivity index (χ1v) is 11.5. The fourth-order valence-electron chi connectivity index (χ4n) is 4.40. The Kier molecular flexibility index (Phi) is 8.09. The fourth-order valence-corrected chi connectivity index (χ4v) is 4.40. The van der Waals surface area contributed by atoms with Crippen molar-refractivity contribution in [3.05, 3.63) is 74.0 Å². The van der Waals surface area contributed by atoms with E-state index in [1.54, 1.807) is 0 Å². The number of aromatic amines is 1. The van der Waals surface area contributed by atoms with E-state index in [1.165, 1.54) is 19.3 Å². The highest BCUT2D eigenvalue weighted by Crippen LogP contribution is 2.22. The van der Waals surface area contributed by atoms with Crippen molar-refractivity contribution in [3.63, 3.8) is 0 Å². The average molecular weight is 435 g/mol. The second kappa shape index (κ2) is 11.0. The van der Waals surface area contributed by atoms with Gasteiger partial charge in [-0.05, 0) is 63.2 Å². The summed E-state index contributed by atoms with van der Waals surface area (Å²) in [5.74, 6) is -0.328. The second-order valence-corrected chi connectivity index (χ2v) is 8.85. The molecule has 170 valence electrons. The minimum Gasteiger partial charge on any atom is -0.506 e. The topological polar surface area (TPSA) is 82.2 Å². The number of aromatic nitrogens is 1. The summed E-state index contributed by atoms with van der Waals surface area (Å²) in [6.07, 6.45) is 10.4. The van der Waals surface area contributed by atoms with Gasteiger partial charge in [-0.3, -0.25) is 9.59 Å². The number of allylic oxidation sites excluding steroid dienone is 2. The van der Waals surface area contributed by atoms with Gasteiger partial charge in [0.15, 0.2) is 0 Å². The van der Waals surface area contributed by atoms with Crippen LogP contribution < -0.4 is 21.4 Å². The van der Waals surface area contributed by atoms with Crippen LogP contribution in [0.1, 0.15) is 68.8 Å². The lowest BCUT2D eigenvalue weighted by Crippen LogP contribution is -2.42. The van der Waals surface area contributed by atoms with E-state index in [9.17, 15) is 14.7 Å². The molecule has 1 saturated carbocycles. The van der Waals surface area contributed by atoms with E-state index in [2.05, 4.69) is 22.4 Å². The van der Waals surface area contributed by atoms with Crippen LogP contribution in [0.25, 0.3) is 11.6 Å².